The molecular weight excluding hydrogens is 238 g/mol. The van der Waals surface area contributed by atoms with Gasteiger partial charge in [-0.2, -0.15) is 0 Å². The van der Waals surface area contributed by atoms with E-state index in [9.17, 15) is 4.79 Å². The molecule has 0 saturated heterocycles. The molecule has 1 amide bonds. The first-order chi connectivity index (χ1) is 9.29. The standard InChI is InChI=1S/C15H17N3O/c19-15(17-14-9-18-6-4-12(14)8-18)11-2-1-10-3-5-16-13(10)7-11/h1-3,5,8,11,14,16H,4,6-7,9H2,(H,17,19)/t11?,14-/m0/s1. The van der Waals surface area contributed by atoms with Crippen molar-refractivity contribution in [1.82, 2.24) is 15.2 Å². The molecule has 2 bridgehead atoms. The van der Waals surface area contributed by atoms with E-state index < -0.39 is 0 Å². The highest BCUT2D eigenvalue weighted by atomic mass is 16.1. The van der Waals surface area contributed by atoms with Crippen molar-refractivity contribution < 1.29 is 4.79 Å². The fraction of sp³-hybridized carbons (Fsp3) is 0.400. The zero-order valence-electron chi connectivity index (χ0n) is 10.7. The van der Waals surface area contributed by atoms with Crippen molar-refractivity contribution in [2.45, 2.75) is 18.9 Å². The van der Waals surface area contributed by atoms with Crippen molar-refractivity contribution in [1.29, 1.82) is 0 Å². The van der Waals surface area contributed by atoms with Crippen molar-refractivity contribution >= 4 is 12.0 Å². The summed E-state index contributed by atoms with van der Waals surface area (Å²) < 4.78 is 0. The summed E-state index contributed by atoms with van der Waals surface area (Å²) in [5.74, 6) is 0.108. The molecule has 4 heteroatoms. The molecule has 0 spiro atoms. The summed E-state index contributed by atoms with van der Waals surface area (Å²) in [4.78, 5) is 17.8. The predicted octanol–water partition coefficient (Wildman–Crippen LogP) is 1.29. The van der Waals surface area contributed by atoms with Crippen molar-refractivity contribution in [3.05, 3.63) is 41.4 Å². The van der Waals surface area contributed by atoms with Gasteiger partial charge >= 0.3 is 0 Å². The minimum Gasteiger partial charge on any atom is -0.375 e. The Kier molecular flexibility index (Phi) is 2.31. The minimum absolute atomic E-state index is 0.0409. The fourth-order valence-electron chi connectivity index (χ4n) is 3.25. The van der Waals surface area contributed by atoms with Crippen LogP contribution in [0.4, 0.5) is 0 Å². The highest BCUT2D eigenvalue weighted by Crippen LogP contribution is 2.27. The van der Waals surface area contributed by atoms with Gasteiger partial charge < -0.3 is 15.2 Å². The van der Waals surface area contributed by atoms with Crippen molar-refractivity contribution in [2.24, 2.45) is 5.92 Å². The van der Waals surface area contributed by atoms with Gasteiger partial charge in [-0.15, -0.1) is 0 Å². The maximum atomic E-state index is 12.3. The molecule has 98 valence electrons. The number of nitrogens with zero attached hydrogens (tertiary/aromatic N) is 1. The van der Waals surface area contributed by atoms with E-state index in [1.54, 1.807) is 0 Å². The lowest BCUT2D eigenvalue weighted by atomic mass is 9.93. The lowest BCUT2D eigenvalue weighted by Gasteiger charge is -2.26. The monoisotopic (exact) mass is 255 g/mol. The molecule has 19 heavy (non-hydrogen) atoms. The van der Waals surface area contributed by atoms with Gasteiger partial charge in [0.2, 0.25) is 5.91 Å². The number of amides is 1. The summed E-state index contributed by atoms with van der Waals surface area (Å²) in [5.41, 5.74) is 3.75. The normalized spacial score (nSPS) is 27.4. The van der Waals surface area contributed by atoms with E-state index in [1.165, 1.54) is 16.8 Å². The van der Waals surface area contributed by atoms with E-state index in [0.717, 1.165) is 25.9 Å². The fourth-order valence-corrected chi connectivity index (χ4v) is 3.25. The van der Waals surface area contributed by atoms with Gasteiger partial charge in [0.1, 0.15) is 0 Å². The Morgan fingerprint density at radius 3 is 3.21 bits per heavy atom. The van der Waals surface area contributed by atoms with E-state index in [1.807, 2.05) is 24.4 Å². The number of hydrogen-bond donors (Lipinski definition) is 2. The van der Waals surface area contributed by atoms with Crippen LogP contribution < -0.4 is 5.32 Å². The van der Waals surface area contributed by atoms with E-state index in [2.05, 4.69) is 21.4 Å². The number of fused-ring (bicyclic) bond motifs is 2. The Hall–Kier alpha value is -1.97. The third kappa shape index (κ3) is 1.79. The summed E-state index contributed by atoms with van der Waals surface area (Å²) in [6, 6.07) is 2.29. The Balaban J connectivity index is 1.43. The third-order valence-electron chi connectivity index (χ3n) is 4.36. The SMILES string of the molecule is O=C(N[C@H]1CN2C=C1CC2)C1C=Cc2cc[nH]c2C1. The van der Waals surface area contributed by atoms with Gasteiger partial charge in [-0.3, -0.25) is 4.79 Å². The second-order valence-electron chi connectivity index (χ2n) is 5.59. The molecule has 1 aromatic heterocycles. The zero-order valence-corrected chi connectivity index (χ0v) is 10.7. The average molecular weight is 255 g/mol. The largest absolute Gasteiger partial charge is 0.375 e. The molecule has 1 unspecified atom stereocenters. The summed E-state index contributed by atoms with van der Waals surface area (Å²) in [5, 5.41) is 3.19. The molecule has 2 aliphatic heterocycles. The quantitative estimate of drug-likeness (QED) is 0.836. The molecule has 3 heterocycles. The Labute approximate surface area is 112 Å². The van der Waals surface area contributed by atoms with Crippen molar-refractivity contribution in [2.75, 3.05) is 13.1 Å². The topological polar surface area (TPSA) is 48.1 Å². The van der Waals surface area contributed by atoms with Gasteiger partial charge in [0.25, 0.3) is 0 Å². The summed E-state index contributed by atoms with van der Waals surface area (Å²) in [7, 11) is 0. The van der Waals surface area contributed by atoms with Crippen LogP contribution in [-0.4, -0.2) is 34.9 Å². The van der Waals surface area contributed by atoms with E-state index in [0.29, 0.717) is 0 Å². The first kappa shape index (κ1) is 10.9. The first-order valence-electron chi connectivity index (χ1n) is 6.89. The molecule has 1 aliphatic carbocycles. The molecule has 4 nitrogen and oxygen atoms in total. The molecule has 0 radical (unpaired) electrons. The number of nitrogens with one attached hydrogen (secondary N) is 2. The van der Waals surface area contributed by atoms with Crippen LogP contribution in [0.25, 0.3) is 6.08 Å². The second-order valence-corrected chi connectivity index (χ2v) is 5.59. The maximum Gasteiger partial charge on any atom is 0.227 e. The minimum atomic E-state index is -0.0409. The first-order valence-corrected chi connectivity index (χ1v) is 6.89. The van der Waals surface area contributed by atoms with E-state index in [-0.39, 0.29) is 17.9 Å². The Bertz CT molecular complexity index is 584. The molecule has 0 saturated carbocycles. The molecule has 1 aromatic rings. The van der Waals surface area contributed by atoms with Crippen molar-refractivity contribution in [3.63, 3.8) is 0 Å². The summed E-state index contributed by atoms with van der Waals surface area (Å²) in [6.07, 6.45) is 10.1. The van der Waals surface area contributed by atoms with Crippen LogP contribution in [0.15, 0.2) is 30.1 Å². The smallest absolute Gasteiger partial charge is 0.227 e. The van der Waals surface area contributed by atoms with Crippen LogP contribution in [0.5, 0.6) is 0 Å². The number of carbonyl (C=O) groups is 1. The van der Waals surface area contributed by atoms with Crippen molar-refractivity contribution in [3.8, 4) is 0 Å². The van der Waals surface area contributed by atoms with Crippen LogP contribution in [-0.2, 0) is 11.2 Å². The number of aromatic nitrogens is 1. The van der Waals surface area contributed by atoms with E-state index >= 15 is 0 Å². The van der Waals surface area contributed by atoms with Crippen LogP contribution in [0.1, 0.15) is 17.7 Å². The van der Waals surface area contributed by atoms with Gasteiger partial charge in [0, 0.05) is 37.6 Å². The molecule has 3 aliphatic rings. The number of rotatable bonds is 2. The summed E-state index contributed by atoms with van der Waals surface area (Å²) in [6.45, 7) is 2.07. The number of H-pyrrole nitrogens is 1. The molecular formula is C15H17N3O. The molecule has 0 aromatic carbocycles. The highest BCUT2D eigenvalue weighted by Gasteiger charge is 2.32. The van der Waals surface area contributed by atoms with Crippen LogP contribution in [0, 0.1) is 5.92 Å². The molecule has 2 N–H and O–H groups in total. The molecule has 4 rings (SSSR count). The van der Waals surface area contributed by atoms with Crippen LogP contribution in [0.3, 0.4) is 0 Å². The Morgan fingerprint density at radius 1 is 1.47 bits per heavy atom. The highest BCUT2D eigenvalue weighted by molar-refractivity contribution is 5.83. The molecule has 0 fully saturated rings. The second kappa shape index (κ2) is 4.02. The molecule has 2 atom stereocenters. The van der Waals surface area contributed by atoms with Crippen LogP contribution >= 0.6 is 0 Å². The Morgan fingerprint density at radius 2 is 2.42 bits per heavy atom. The van der Waals surface area contributed by atoms with Gasteiger partial charge in [-0.25, -0.2) is 0 Å². The lowest BCUT2D eigenvalue weighted by Crippen LogP contribution is -2.45. The number of aromatic amines is 1. The zero-order chi connectivity index (χ0) is 12.8. The third-order valence-corrected chi connectivity index (χ3v) is 4.36. The predicted molar refractivity (Wildman–Crippen MR) is 73.2 cm³/mol. The number of hydrogen-bond acceptors (Lipinski definition) is 2. The lowest BCUT2D eigenvalue weighted by molar-refractivity contribution is -0.124. The van der Waals surface area contributed by atoms with E-state index in [4.69, 9.17) is 0 Å². The van der Waals surface area contributed by atoms with Gasteiger partial charge in [-0.05, 0) is 23.6 Å². The maximum absolute atomic E-state index is 12.3. The number of carbonyl (C=O) groups excluding carboxylic acids is 1. The number of piperidine rings is 1. The van der Waals surface area contributed by atoms with Gasteiger partial charge in [0.05, 0.1) is 12.0 Å². The van der Waals surface area contributed by atoms with Gasteiger partial charge in [0.15, 0.2) is 0 Å². The van der Waals surface area contributed by atoms with Gasteiger partial charge in [-0.1, -0.05) is 12.2 Å². The average Bonchev–Trinajstić information content (AvgIpc) is 3.13. The van der Waals surface area contributed by atoms with Crippen LogP contribution in [0.2, 0.25) is 0 Å². The summed E-state index contributed by atoms with van der Waals surface area (Å²) >= 11 is 0.